The van der Waals surface area contributed by atoms with Gasteiger partial charge in [0.2, 0.25) is 0 Å². The molecular formula is C75H118O6. The Labute approximate surface area is 498 Å². The molecule has 0 aromatic carbocycles. The van der Waals surface area contributed by atoms with Gasteiger partial charge in [-0.3, -0.25) is 14.4 Å². The molecule has 6 heteroatoms. The molecule has 0 heterocycles. The maximum Gasteiger partial charge on any atom is 0.306 e. The van der Waals surface area contributed by atoms with Crippen LogP contribution in [-0.4, -0.2) is 37.2 Å². The largest absolute Gasteiger partial charge is 0.462 e. The van der Waals surface area contributed by atoms with Crippen molar-refractivity contribution in [1.82, 2.24) is 0 Å². The molecule has 0 aromatic rings. The fourth-order valence-electron chi connectivity index (χ4n) is 8.37. The van der Waals surface area contributed by atoms with Gasteiger partial charge in [0.25, 0.3) is 0 Å². The standard InChI is InChI=1S/C75H118O6/c1-4-7-10-13-16-19-22-25-27-29-30-31-32-33-34-35-36-37-38-39-40-41-42-43-44-46-47-50-53-56-59-62-65-68-74(77)80-71-72(70-79-73(76)67-64-61-58-55-52-49-24-21-18-15-12-9-6-3)81-75(78)69-66-63-60-57-54-51-48-45-28-26-23-20-17-14-11-8-5-2/h7-8,10-12,15-17,19-21,24-28,30-31,33-34,36-37,39-40,42-43,46-47,72H,4-6,9,13-14,18,22-23,29,32,35,38,41,44-45,48-71H2,1-3H3/b10-7-,11-8-,15-12-,19-16-,20-17-,24-21-,27-25-,28-26-,31-30-,34-33-,37-36-,40-39-,43-42-,47-46-. The van der Waals surface area contributed by atoms with Gasteiger partial charge in [0.15, 0.2) is 6.10 Å². The number of ether oxygens (including phenoxy) is 3. The molecule has 6 nitrogen and oxygen atoms in total. The lowest BCUT2D eigenvalue weighted by molar-refractivity contribution is -0.167. The maximum absolute atomic E-state index is 12.9. The van der Waals surface area contributed by atoms with E-state index in [1.807, 2.05) is 0 Å². The van der Waals surface area contributed by atoms with Crippen molar-refractivity contribution < 1.29 is 28.6 Å². The molecule has 0 rings (SSSR count). The number of hydrogen-bond donors (Lipinski definition) is 0. The number of carbonyl (C=O) groups is 3. The summed E-state index contributed by atoms with van der Waals surface area (Å²) in [6.07, 6.45) is 99.3. The number of unbranched alkanes of at least 4 members (excludes halogenated alkanes) is 18. The number of hydrogen-bond acceptors (Lipinski definition) is 6. The normalized spacial score (nSPS) is 13.3. The van der Waals surface area contributed by atoms with Crippen molar-refractivity contribution in [2.75, 3.05) is 13.2 Å². The van der Waals surface area contributed by atoms with Crippen LogP contribution in [0.15, 0.2) is 170 Å². The van der Waals surface area contributed by atoms with Crippen LogP contribution in [0, 0.1) is 0 Å². The van der Waals surface area contributed by atoms with Crippen LogP contribution in [0.3, 0.4) is 0 Å². The first-order valence-electron chi connectivity index (χ1n) is 32.6. The summed E-state index contributed by atoms with van der Waals surface area (Å²) in [5.74, 6) is -0.950. The molecule has 454 valence electrons. The first-order chi connectivity index (χ1) is 40.0. The van der Waals surface area contributed by atoms with Crippen LogP contribution in [0.25, 0.3) is 0 Å². The van der Waals surface area contributed by atoms with Gasteiger partial charge < -0.3 is 14.2 Å². The van der Waals surface area contributed by atoms with Crippen LogP contribution in [0.2, 0.25) is 0 Å². The van der Waals surface area contributed by atoms with Crippen molar-refractivity contribution in [3.63, 3.8) is 0 Å². The van der Waals surface area contributed by atoms with Gasteiger partial charge >= 0.3 is 17.9 Å². The summed E-state index contributed by atoms with van der Waals surface area (Å²) >= 11 is 0. The molecule has 0 aliphatic heterocycles. The molecule has 0 saturated carbocycles. The fourth-order valence-corrected chi connectivity index (χ4v) is 8.37. The summed E-state index contributed by atoms with van der Waals surface area (Å²) in [5.41, 5.74) is 0. The molecule has 0 spiro atoms. The molecule has 1 unspecified atom stereocenters. The first kappa shape index (κ1) is 75.8. The van der Waals surface area contributed by atoms with Crippen molar-refractivity contribution in [2.24, 2.45) is 0 Å². The number of esters is 3. The average molecular weight is 1120 g/mol. The third-order valence-electron chi connectivity index (χ3n) is 13.2. The molecule has 0 saturated heterocycles. The van der Waals surface area contributed by atoms with E-state index in [2.05, 4.69) is 191 Å². The second kappa shape index (κ2) is 67.3. The van der Waals surface area contributed by atoms with E-state index in [1.54, 1.807) is 0 Å². The maximum atomic E-state index is 12.9. The van der Waals surface area contributed by atoms with E-state index in [9.17, 15) is 14.4 Å². The van der Waals surface area contributed by atoms with Gasteiger partial charge in [0.1, 0.15) is 13.2 Å². The van der Waals surface area contributed by atoms with E-state index >= 15 is 0 Å². The minimum absolute atomic E-state index is 0.102. The molecule has 0 amide bonds. The monoisotopic (exact) mass is 1110 g/mol. The van der Waals surface area contributed by atoms with Gasteiger partial charge in [-0.15, -0.1) is 0 Å². The molecule has 0 aliphatic rings. The minimum atomic E-state index is -0.807. The molecule has 0 aromatic heterocycles. The van der Waals surface area contributed by atoms with Crippen LogP contribution >= 0.6 is 0 Å². The molecule has 0 radical (unpaired) electrons. The predicted molar refractivity (Wildman–Crippen MR) is 352 cm³/mol. The van der Waals surface area contributed by atoms with Crippen molar-refractivity contribution in [1.29, 1.82) is 0 Å². The average Bonchev–Trinajstić information content (AvgIpc) is 3.46. The second-order valence-electron chi connectivity index (χ2n) is 20.9. The summed E-state index contributed by atoms with van der Waals surface area (Å²) in [7, 11) is 0. The second-order valence-corrected chi connectivity index (χ2v) is 20.9. The van der Waals surface area contributed by atoms with Gasteiger partial charge in [-0.1, -0.05) is 268 Å². The van der Waals surface area contributed by atoms with Gasteiger partial charge in [-0.25, -0.2) is 0 Å². The minimum Gasteiger partial charge on any atom is -0.462 e. The molecule has 0 fully saturated rings. The Kier molecular flexibility index (Phi) is 62.9. The summed E-state index contributed by atoms with van der Waals surface area (Å²) in [6, 6.07) is 0. The highest BCUT2D eigenvalue weighted by molar-refractivity contribution is 5.71. The van der Waals surface area contributed by atoms with Crippen LogP contribution < -0.4 is 0 Å². The van der Waals surface area contributed by atoms with E-state index in [-0.39, 0.29) is 31.1 Å². The quantitative estimate of drug-likeness (QED) is 0.0261. The fraction of sp³-hybridized carbons (Fsp3) is 0.587. The van der Waals surface area contributed by atoms with E-state index < -0.39 is 6.10 Å². The summed E-state index contributed by atoms with van der Waals surface area (Å²) in [6.45, 7) is 6.31. The summed E-state index contributed by atoms with van der Waals surface area (Å²) in [4.78, 5) is 38.3. The topological polar surface area (TPSA) is 78.9 Å². The SMILES string of the molecule is CC/C=C\C/C=C\C/C=C\C/C=C\C/C=C\C/C=C\C/C=C\C/C=C\C/C=C\CCCCCCCC(=O)OCC(COC(=O)CCCCCCC/C=C\C/C=C\CCC)OC(=O)CCCCCCCCC/C=C\C/C=C\C/C=C\CC. The predicted octanol–water partition coefficient (Wildman–Crippen LogP) is 22.7. The highest BCUT2D eigenvalue weighted by Crippen LogP contribution is 2.14. The first-order valence-corrected chi connectivity index (χ1v) is 32.6. The van der Waals surface area contributed by atoms with Crippen molar-refractivity contribution in [2.45, 2.75) is 271 Å². The zero-order valence-electron chi connectivity index (χ0n) is 52.0. The third-order valence-corrected chi connectivity index (χ3v) is 13.2. The Morgan fingerprint density at radius 1 is 0.259 bits per heavy atom. The summed E-state index contributed by atoms with van der Waals surface area (Å²) < 4.78 is 16.9. The zero-order valence-corrected chi connectivity index (χ0v) is 52.0. The lowest BCUT2D eigenvalue weighted by Crippen LogP contribution is -2.30. The van der Waals surface area contributed by atoms with Gasteiger partial charge in [0.05, 0.1) is 0 Å². The molecule has 0 bridgehead atoms. The smallest absolute Gasteiger partial charge is 0.306 e. The van der Waals surface area contributed by atoms with Gasteiger partial charge in [0, 0.05) is 19.3 Å². The van der Waals surface area contributed by atoms with Crippen molar-refractivity contribution in [3.8, 4) is 0 Å². The molecule has 81 heavy (non-hydrogen) atoms. The summed E-state index contributed by atoms with van der Waals surface area (Å²) in [5, 5.41) is 0. The Morgan fingerprint density at radius 2 is 0.481 bits per heavy atom. The molecule has 0 N–H and O–H groups in total. The highest BCUT2D eigenvalue weighted by atomic mass is 16.6. The lowest BCUT2D eigenvalue weighted by Gasteiger charge is -2.18. The van der Waals surface area contributed by atoms with Crippen LogP contribution in [0.4, 0.5) is 0 Å². The van der Waals surface area contributed by atoms with E-state index in [4.69, 9.17) is 14.2 Å². The number of carbonyl (C=O) groups excluding carboxylic acids is 3. The Morgan fingerprint density at radius 3 is 0.753 bits per heavy atom. The van der Waals surface area contributed by atoms with Crippen LogP contribution in [0.5, 0.6) is 0 Å². The van der Waals surface area contributed by atoms with Crippen LogP contribution in [-0.2, 0) is 28.6 Å². The van der Waals surface area contributed by atoms with E-state index in [0.29, 0.717) is 19.3 Å². The number of rotatable bonds is 57. The van der Waals surface area contributed by atoms with Crippen molar-refractivity contribution >= 4 is 17.9 Å². The van der Waals surface area contributed by atoms with E-state index in [1.165, 1.54) is 32.1 Å². The Hall–Kier alpha value is -5.23. The number of allylic oxidation sites excluding steroid dienone is 28. The van der Waals surface area contributed by atoms with Crippen molar-refractivity contribution in [3.05, 3.63) is 170 Å². The molecule has 0 aliphatic carbocycles. The molecular weight excluding hydrogens is 997 g/mol. The Bertz CT molecular complexity index is 1860. The lowest BCUT2D eigenvalue weighted by atomic mass is 10.1. The third kappa shape index (κ3) is 65.5. The Balaban J connectivity index is 4.37. The highest BCUT2D eigenvalue weighted by Gasteiger charge is 2.19. The van der Waals surface area contributed by atoms with E-state index in [0.717, 1.165) is 193 Å². The van der Waals surface area contributed by atoms with Crippen LogP contribution in [0.1, 0.15) is 265 Å². The van der Waals surface area contributed by atoms with Gasteiger partial charge in [-0.05, 0) is 148 Å². The molecule has 1 atom stereocenters. The van der Waals surface area contributed by atoms with Gasteiger partial charge in [-0.2, -0.15) is 0 Å². The zero-order chi connectivity index (χ0) is 58.5.